The number of benzene rings is 2. The van der Waals surface area contributed by atoms with Gasteiger partial charge >= 0.3 is 0 Å². The van der Waals surface area contributed by atoms with Gasteiger partial charge in [0.15, 0.2) is 5.82 Å². The molecule has 0 saturated carbocycles. The maximum Gasteiger partial charge on any atom is 0.271 e. The molecule has 0 atom stereocenters. The third-order valence-electron chi connectivity index (χ3n) is 3.94. The first-order valence-electron chi connectivity index (χ1n) is 8.00. The molecule has 7 nitrogen and oxygen atoms in total. The number of fused-ring (bicyclic) bond motifs is 1. The van der Waals surface area contributed by atoms with Crippen molar-refractivity contribution in [2.24, 2.45) is 0 Å². The molecule has 0 radical (unpaired) electrons. The number of hydrogen-bond donors (Lipinski definition) is 1. The molecule has 132 valence electrons. The lowest BCUT2D eigenvalue weighted by molar-refractivity contribution is -0.384. The number of nitrogens with zero attached hydrogens (tertiary/aromatic N) is 4. The third-order valence-corrected chi connectivity index (χ3v) is 3.94. The molecule has 0 spiro atoms. The van der Waals surface area contributed by atoms with Gasteiger partial charge in [0.1, 0.15) is 11.6 Å². The highest BCUT2D eigenvalue weighted by molar-refractivity contribution is 5.92. The molecule has 0 fully saturated rings. The zero-order valence-corrected chi connectivity index (χ0v) is 13.8. The molecule has 4 rings (SSSR count). The second-order valence-corrected chi connectivity index (χ2v) is 5.70. The predicted octanol–water partition coefficient (Wildman–Crippen LogP) is 4.48. The van der Waals surface area contributed by atoms with E-state index in [-0.39, 0.29) is 11.4 Å². The quantitative estimate of drug-likeness (QED) is 0.425. The minimum absolute atomic E-state index is 0.0369. The Labute approximate surface area is 152 Å². The number of aromatic nitrogens is 3. The molecular weight excluding hydrogens is 349 g/mol. The standard InChI is InChI=1S/C19H12FN5O2/c20-15-8-7-13(25(26)27)10-17(15)23-19-14-5-1-2-6-16(14)22-18(24-19)12-4-3-9-21-11-12/h1-11H,(H,22,23,24). The van der Waals surface area contributed by atoms with E-state index >= 15 is 0 Å². The fraction of sp³-hybridized carbons (Fsp3) is 0. The summed E-state index contributed by atoms with van der Waals surface area (Å²) in [7, 11) is 0. The molecule has 0 unspecified atom stereocenters. The molecule has 0 aliphatic heterocycles. The fourth-order valence-corrected chi connectivity index (χ4v) is 2.65. The first-order chi connectivity index (χ1) is 13.1. The number of non-ortho nitro benzene ring substituents is 1. The minimum atomic E-state index is -0.619. The second-order valence-electron chi connectivity index (χ2n) is 5.70. The van der Waals surface area contributed by atoms with E-state index in [0.717, 1.165) is 18.2 Å². The van der Waals surface area contributed by atoms with Crippen LogP contribution in [-0.4, -0.2) is 19.9 Å². The van der Waals surface area contributed by atoms with Gasteiger partial charge in [-0.15, -0.1) is 0 Å². The van der Waals surface area contributed by atoms with Crippen molar-refractivity contribution in [3.05, 3.63) is 82.9 Å². The van der Waals surface area contributed by atoms with E-state index in [1.807, 2.05) is 24.3 Å². The van der Waals surface area contributed by atoms with Gasteiger partial charge in [0.05, 0.1) is 16.1 Å². The predicted molar refractivity (Wildman–Crippen MR) is 99.1 cm³/mol. The van der Waals surface area contributed by atoms with Gasteiger partial charge in [0.25, 0.3) is 5.69 Å². The highest BCUT2D eigenvalue weighted by atomic mass is 19.1. The second kappa shape index (κ2) is 6.75. The first-order valence-corrected chi connectivity index (χ1v) is 8.00. The minimum Gasteiger partial charge on any atom is -0.337 e. The van der Waals surface area contributed by atoms with Crippen LogP contribution < -0.4 is 5.32 Å². The summed E-state index contributed by atoms with van der Waals surface area (Å²) in [6.07, 6.45) is 3.27. The summed E-state index contributed by atoms with van der Waals surface area (Å²) in [5, 5.41) is 14.5. The Kier molecular flexibility index (Phi) is 4.13. The van der Waals surface area contributed by atoms with Gasteiger partial charge < -0.3 is 5.32 Å². The molecule has 1 N–H and O–H groups in total. The van der Waals surface area contributed by atoms with E-state index in [9.17, 15) is 14.5 Å². The van der Waals surface area contributed by atoms with E-state index < -0.39 is 10.7 Å². The van der Waals surface area contributed by atoms with Gasteiger partial charge in [-0.1, -0.05) is 12.1 Å². The van der Waals surface area contributed by atoms with Crippen LogP contribution in [0.4, 0.5) is 21.6 Å². The lowest BCUT2D eigenvalue weighted by atomic mass is 10.2. The average Bonchev–Trinajstić information content (AvgIpc) is 2.70. The molecule has 0 aliphatic rings. The van der Waals surface area contributed by atoms with Crippen molar-refractivity contribution in [3.8, 4) is 11.4 Å². The van der Waals surface area contributed by atoms with Crippen molar-refractivity contribution in [2.45, 2.75) is 0 Å². The average molecular weight is 361 g/mol. The van der Waals surface area contributed by atoms with Crippen molar-refractivity contribution in [3.63, 3.8) is 0 Å². The van der Waals surface area contributed by atoms with Crippen LogP contribution in [0.25, 0.3) is 22.3 Å². The molecule has 0 bridgehead atoms. The summed E-state index contributed by atoms with van der Waals surface area (Å²) in [6.45, 7) is 0. The van der Waals surface area contributed by atoms with Crippen LogP contribution in [0.2, 0.25) is 0 Å². The van der Waals surface area contributed by atoms with Gasteiger partial charge in [0.2, 0.25) is 0 Å². The van der Waals surface area contributed by atoms with Crippen LogP contribution in [0.3, 0.4) is 0 Å². The van der Waals surface area contributed by atoms with E-state index in [1.165, 1.54) is 0 Å². The third kappa shape index (κ3) is 3.28. The highest BCUT2D eigenvalue weighted by Gasteiger charge is 2.14. The van der Waals surface area contributed by atoms with Crippen LogP contribution in [0.5, 0.6) is 0 Å². The van der Waals surface area contributed by atoms with E-state index in [4.69, 9.17) is 0 Å². The van der Waals surface area contributed by atoms with E-state index in [2.05, 4.69) is 20.3 Å². The Morgan fingerprint density at radius 2 is 1.89 bits per heavy atom. The van der Waals surface area contributed by atoms with Crippen LogP contribution >= 0.6 is 0 Å². The zero-order chi connectivity index (χ0) is 18.8. The van der Waals surface area contributed by atoms with Crippen molar-refractivity contribution in [1.29, 1.82) is 0 Å². The smallest absolute Gasteiger partial charge is 0.271 e. The summed E-state index contributed by atoms with van der Waals surface area (Å²) in [5.41, 5.74) is 1.10. The molecular formula is C19H12FN5O2. The van der Waals surface area contributed by atoms with Crippen LogP contribution in [-0.2, 0) is 0 Å². The van der Waals surface area contributed by atoms with Gasteiger partial charge in [-0.3, -0.25) is 15.1 Å². The SMILES string of the molecule is O=[N+]([O-])c1ccc(F)c(Nc2nc(-c3cccnc3)nc3ccccc23)c1. The zero-order valence-electron chi connectivity index (χ0n) is 13.8. The lowest BCUT2D eigenvalue weighted by Gasteiger charge is -2.11. The van der Waals surface area contributed by atoms with Crippen LogP contribution in [0, 0.1) is 15.9 Å². The normalized spacial score (nSPS) is 10.7. The molecule has 0 aliphatic carbocycles. The van der Waals surface area contributed by atoms with Gasteiger partial charge in [-0.2, -0.15) is 0 Å². The molecule has 27 heavy (non-hydrogen) atoms. The number of para-hydroxylation sites is 1. The summed E-state index contributed by atoms with van der Waals surface area (Å²) >= 11 is 0. The summed E-state index contributed by atoms with van der Waals surface area (Å²) in [5.74, 6) is 0.139. The van der Waals surface area contributed by atoms with Gasteiger partial charge in [0, 0.05) is 35.5 Å². The molecule has 2 aromatic heterocycles. The molecule has 8 heteroatoms. The molecule has 4 aromatic rings. The number of pyridine rings is 1. The molecule has 0 saturated heterocycles. The molecule has 2 heterocycles. The van der Waals surface area contributed by atoms with Gasteiger partial charge in [-0.25, -0.2) is 14.4 Å². The van der Waals surface area contributed by atoms with Crippen molar-refractivity contribution in [1.82, 2.24) is 15.0 Å². The Bertz CT molecular complexity index is 1150. The number of nitrogens with one attached hydrogen (secondary N) is 1. The summed E-state index contributed by atoms with van der Waals surface area (Å²) < 4.78 is 14.2. The van der Waals surface area contributed by atoms with Crippen molar-refractivity contribution in [2.75, 3.05) is 5.32 Å². The molecule has 0 amide bonds. The summed E-state index contributed by atoms with van der Waals surface area (Å²) in [6, 6.07) is 14.1. The van der Waals surface area contributed by atoms with Crippen LogP contribution in [0.1, 0.15) is 0 Å². The van der Waals surface area contributed by atoms with Crippen molar-refractivity contribution < 1.29 is 9.31 Å². The van der Waals surface area contributed by atoms with E-state index in [1.54, 1.807) is 24.5 Å². The van der Waals surface area contributed by atoms with Crippen LogP contribution in [0.15, 0.2) is 67.0 Å². The lowest BCUT2D eigenvalue weighted by Crippen LogP contribution is -2.01. The Morgan fingerprint density at radius 3 is 2.67 bits per heavy atom. The number of rotatable bonds is 4. The number of nitro benzene ring substituents is 1. The van der Waals surface area contributed by atoms with Gasteiger partial charge in [-0.05, 0) is 30.3 Å². The Balaban J connectivity index is 1.86. The summed E-state index contributed by atoms with van der Waals surface area (Å²) in [4.78, 5) is 23.5. The Morgan fingerprint density at radius 1 is 1.04 bits per heavy atom. The monoisotopic (exact) mass is 361 g/mol. The molecule has 2 aromatic carbocycles. The fourth-order valence-electron chi connectivity index (χ4n) is 2.65. The highest BCUT2D eigenvalue weighted by Crippen LogP contribution is 2.29. The maximum absolute atomic E-state index is 14.2. The van der Waals surface area contributed by atoms with E-state index in [0.29, 0.717) is 28.1 Å². The topological polar surface area (TPSA) is 93.8 Å². The number of halogens is 1. The largest absolute Gasteiger partial charge is 0.337 e. The first kappa shape index (κ1) is 16.5. The number of nitro groups is 1. The number of hydrogen-bond acceptors (Lipinski definition) is 6. The number of anilines is 2. The Hall–Kier alpha value is -3.94. The van der Waals surface area contributed by atoms with Crippen molar-refractivity contribution >= 4 is 28.1 Å². The maximum atomic E-state index is 14.2.